The lowest BCUT2D eigenvalue weighted by molar-refractivity contribution is 0.240. The fourth-order valence-electron chi connectivity index (χ4n) is 1.92. The number of rotatable bonds is 5. The molecule has 1 N–H and O–H groups in total. The Kier molecular flexibility index (Phi) is 4.81. The summed E-state index contributed by atoms with van der Waals surface area (Å²) in [5.41, 5.74) is 0.207. The van der Waals surface area contributed by atoms with E-state index in [0.717, 1.165) is 17.6 Å². The lowest BCUT2D eigenvalue weighted by Gasteiger charge is -2.32. The molecule has 0 radical (unpaired) electrons. The van der Waals surface area contributed by atoms with E-state index in [1.165, 1.54) is 4.88 Å². The largest absolute Gasteiger partial charge is 0.336 e. The van der Waals surface area contributed by atoms with E-state index in [4.69, 9.17) is 0 Å². The van der Waals surface area contributed by atoms with E-state index in [2.05, 4.69) is 63.0 Å². The molecule has 104 valence electrons. The van der Waals surface area contributed by atoms with Gasteiger partial charge in [0.15, 0.2) is 0 Å². The maximum absolute atomic E-state index is 4.11. The molecule has 0 spiro atoms. The van der Waals surface area contributed by atoms with Crippen molar-refractivity contribution in [3.8, 4) is 0 Å². The Hall–Kier alpha value is -0.650. The molecule has 0 saturated carbocycles. The van der Waals surface area contributed by atoms with Crippen molar-refractivity contribution in [1.29, 1.82) is 0 Å². The molecule has 1 atom stereocenters. The van der Waals surface area contributed by atoms with Crippen molar-refractivity contribution < 1.29 is 0 Å². The van der Waals surface area contributed by atoms with Gasteiger partial charge >= 0.3 is 0 Å². The first-order chi connectivity index (χ1) is 8.95. The summed E-state index contributed by atoms with van der Waals surface area (Å²) < 4.78 is 3.30. The topological polar surface area (TPSA) is 29.9 Å². The van der Waals surface area contributed by atoms with Gasteiger partial charge in [-0.1, -0.05) is 20.8 Å². The van der Waals surface area contributed by atoms with E-state index in [1.807, 2.05) is 18.7 Å². The summed E-state index contributed by atoms with van der Waals surface area (Å²) in [5.74, 6) is 0. The highest BCUT2D eigenvalue weighted by atomic mass is 79.9. The van der Waals surface area contributed by atoms with Crippen molar-refractivity contribution in [2.45, 2.75) is 39.9 Å². The number of imidazole rings is 1. The minimum Gasteiger partial charge on any atom is -0.336 e. The maximum atomic E-state index is 4.11. The maximum Gasteiger partial charge on any atom is 0.0946 e. The van der Waals surface area contributed by atoms with E-state index in [-0.39, 0.29) is 5.41 Å². The van der Waals surface area contributed by atoms with Gasteiger partial charge in [-0.15, -0.1) is 11.3 Å². The van der Waals surface area contributed by atoms with Gasteiger partial charge in [-0.3, -0.25) is 0 Å². The second-order valence-corrected chi connectivity index (χ2v) is 7.70. The highest BCUT2D eigenvalue weighted by Crippen LogP contribution is 2.23. The zero-order valence-corrected chi connectivity index (χ0v) is 14.0. The van der Waals surface area contributed by atoms with Crippen LogP contribution in [0.1, 0.15) is 25.6 Å². The first kappa shape index (κ1) is 14.8. The first-order valence-corrected chi connectivity index (χ1v) is 8.04. The van der Waals surface area contributed by atoms with Gasteiger partial charge in [-0.2, -0.15) is 0 Å². The molecule has 19 heavy (non-hydrogen) atoms. The highest BCUT2D eigenvalue weighted by Gasteiger charge is 2.24. The molecular formula is C14H20BrN3S. The third-order valence-corrected chi connectivity index (χ3v) is 4.84. The molecule has 3 nitrogen and oxygen atoms in total. The summed E-state index contributed by atoms with van der Waals surface area (Å²) in [6.07, 6.45) is 5.72. The van der Waals surface area contributed by atoms with E-state index >= 15 is 0 Å². The zero-order valence-electron chi connectivity index (χ0n) is 11.6. The van der Waals surface area contributed by atoms with Crippen LogP contribution in [-0.4, -0.2) is 15.6 Å². The highest BCUT2D eigenvalue weighted by molar-refractivity contribution is 9.10. The number of halogens is 1. The van der Waals surface area contributed by atoms with Gasteiger partial charge in [0.2, 0.25) is 0 Å². The Morgan fingerprint density at radius 1 is 1.47 bits per heavy atom. The third-order valence-electron chi connectivity index (χ3n) is 3.14. The van der Waals surface area contributed by atoms with Crippen molar-refractivity contribution in [2.24, 2.45) is 5.41 Å². The van der Waals surface area contributed by atoms with Gasteiger partial charge in [-0.25, -0.2) is 4.98 Å². The van der Waals surface area contributed by atoms with Crippen LogP contribution in [0.4, 0.5) is 0 Å². The molecular weight excluding hydrogens is 322 g/mol. The van der Waals surface area contributed by atoms with Crippen molar-refractivity contribution in [3.63, 3.8) is 0 Å². The molecule has 2 aromatic rings. The fraction of sp³-hybridized carbons (Fsp3) is 0.500. The minimum absolute atomic E-state index is 0.207. The Balaban J connectivity index is 1.98. The Labute approximate surface area is 127 Å². The molecule has 2 aromatic heterocycles. The summed E-state index contributed by atoms with van der Waals surface area (Å²) in [5, 5.41) is 5.79. The number of aromatic nitrogens is 2. The summed E-state index contributed by atoms with van der Waals surface area (Å²) >= 11 is 5.28. The lowest BCUT2D eigenvalue weighted by Crippen LogP contribution is -2.42. The van der Waals surface area contributed by atoms with Crippen LogP contribution in [0.15, 0.2) is 34.6 Å². The minimum atomic E-state index is 0.207. The van der Waals surface area contributed by atoms with Gasteiger partial charge in [0.05, 0.1) is 6.33 Å². The predicted octanol–water partition coefficient (Wildman–Crippen LogP) is 3.91. The number of nitrogens with one attached hydrogen (secondary N) is 1. The van der Waals surface area contributed by atoms with Crippen LogP contribution in [0.3, 0.4) is 0 Å². The van der Waals surface area contributed by atoms with Crippen LogP contribution < -0.4 is 5.32 Å². The number of hydrogen-bond donors (Lipinski definition) is 1. The lowest BCUT2D eigenvalue weighted by atomic mass is 9.86. The average molecular weight is 342 g/mol. The van der Waals surface area contributed by atoms with Crippen molar-refractivity contribution in [1.82, 2.24) is 14.9 Å². The van der Waals surface area contributed by atoms with Crippen LogP contribution >= 0.6 is 27.3 Å². The quantitative estimate of drug-likeness (QED) is 0.893. The molecule has 0 amide bonds. The second-order valence-electron chi connectivity index (χ2n) is 5.79. The molecule has 0 saturated heterocycles. The van der Waals surface area contributed by atoms with Gasteiger partial charge in [0.25, 0.3) is 0 Å². The number of nitrogens with zero attached hydrogens (tertiary/aromatic N) is 2. The summed E-state index contributed by atoms with van der Waals surface area (Å²) in [4.78, 5) is 5.46. The van der Waals surface area contributed by atoms with Crippen LogP contribution in [0.25, 0.3) is 0 Å². The second kappa shape index (κ2) is 6.20. The monoisotopic (exact) mass is 341 g/mol. The SMILES string of the molecule is CC(C)(C)C(Cn1ccnc1)NCc1cc(Br)cs1. The molecule has 0 aromatic carbocycles. The fourth-order valence-corrected chi connectivity index (χ4v) is 3.32. The summed E-state index contributed by atoms with van der Waals surface area (Å²) in [7, 11) is 0. The van der Waals surface area contributed by atoms with Crippen LogP contribution in [-0.2, 0) is 13.1 Å². The van der Waals surface area contributed by atoms with E-state index < -0.39 is 0 Å². The van der Waals surface area contributed by atoms with Crippen LogP contribution in [0.2, 0.25) is 0 Å². The van der Waals surface area contributed by atoms with E-state index in [0.29, 0.717) is 6.04 Å². The molecule has 2 rings (SSSR count). The van der Waals surface area contributed by atoms with E-state index in [9.17, 15) is 0 Å². The average Bonchev–Trinajstić information content (AvgIpc) is 2.94. The summed E-state index contributed by atoms with van der Waals surface area (Å²) in [6.45, 7) is 8.66. The molecule has 0 aliphatic heterocycles. The zero-order chi connectivity index (χ0) is 13.9. The molecule has 0 fully saturated rings. The third kappa shape index (κ3) is 4.44. The molecule has 0 aliphatic carbocycles. The molecule has 0 bridgehead atoms. The Bertz CT molecular complexity index is 499. The van der Waals surface area contributed by atoms with Gasteiger partial charge in [-0.05, 0) is 27.4 Å². The van der Waals surface area contributed by atoms with Crippen molar-refractivity contribution in [3.05, 3.63) is 39.5 Å². The van der Waals surface area contributed by atoms with Gasteiger partial charge in [0, 0.05) is 46.3 Å². The van der Waals surface area contributed by atoms with E-state index in [1.54, 1.807) is 11.3 Å². The standard InChI is InChI=1S/C14H20BrN3S/c1-14(2,3)13(8-18-5-4-16-10-18)17-7-12-6-11(15)9-19-12/h4-6,9-10,13,17H,7-8H2,1-3H3. The molecule has 5 heteroatoms. The Morgan fingerprint density at radius 3 is 2.79 bits per heavy atom. The predicted molar refractivity (Wildman–Crippen MR) is 84.3 cm³/mol. The molecule has 2 heterocycles. The normalized spacial score (nSPS) is 13.7. The smallest absolute Gasteiger partial charge is 0.0946 e. The van der Waals surface area contributed by atoms with Crippen LogP contribution in [0.5, 0.6) is 0 Å². The molecule has 0 aliphatic rings. The first-order valence-electron chi connectivity index (χ1n) is 6.37. The number of hydrogen-bond acceptors (Lipinski definition) is 3. The van der Waals surface area contributed by atoms with Gasteiger partial charge < -0.3 is 9.88 Å². The van der Waals surface area contributed by atoms with Crippen LogP contribution in [0, 0.1) is 5.41 Å². The number of thiophene rings is 1. The van der Waals surface area contributed by atoms with Crippen molar-refractivity contribution >= 4 is 27.3 Å². The van der Waals surface area contributed by atoms with Gasteiger partial charge in [0.1, 0.15) is 0 Å². The molecule has 1 unspecified atom stereocenters. The van der Waals surface area contributed by atoms with Crippen molar-refractivity contribution in [2.75, 3.05) is 0 Å². The Morgan fingerprint density at radius 2 is 2.26 bits per heavy atom. The summed E-state index contributed by atoms with van der Waals surface area (Å²) in [6, 6.07) is 2.58.